The van der Waals surface area contributed by atoms with Gasteiger partial charge in [0, 0.05) is 18.7 Å². The molecule has 0 radical (unpaired) electrons. The molecule has 0 aliphatic heterocycles. The van der Waals surface area contributed by atoms with Crippen LogP contribution in [0.2, 0.25) is 0 Å². The highest BCUT2D eigenvalue weighted by Gasteiger charge is 2.31. The number of nitrogens with one attached hydrogen (secondary N) is 1. The first-order chi connectivity index (χ1) is 9.38. The van der Waals surface area contributed by atoms with Crippen LogP contribution in [0.25, 0.3) is 0 Å². The molecule has 4 heteroatoms. The van der Waals surface area contributed by atoms with E-state index < -0.39 is 5.60 Å². The number of phenols is 2. The van der Waals surface area contributed by atoms with Crippen LogP contribution in [0.5, 0.6) is 11.5 Å². The van der Waals surface area contributed by atoms with Crippen molar-refractivity contribution in [2.24, 2.45) is 5.92 Å². The second-order valence-corrected chi connectivity index (χ2v) is 6.29. The Balaban J connectivity index is 1.93. The van der Waals surface area contributed by atoms with Gasteiger partial charge in [0.2, 0.25) is 0 Å². The van der Waals surface area contributed by atoms with E-state index in [1.54, 1.807) is 12.1 Å². The van der Waals surface area contributed by atoms with E-state index in [1.165, 1.54) is 6.07 Å². The zero-order chi connectivity index (χ0) is 14.8. The summed E-state index contributed by atoms with van der Waals surface area (Å²) in [5.74, 6) is 0.813. The first-order valence-corrected chi connectivity index (χ1v) is 7.37. The van der Waals surface area contributed by atoms with Crippen LogP contribution in [0, 0.1) is 5.92 Å². The standard InChI is InChI=1S/C16H25NO3/c1-11-3-5-16(20,6-4-11)10-17-12(2)13-7-14(18)9-15(19)8-13/h7-9,11-12,17-20H,3-6,10H2,1-2H3. The van der Waals surface area contributed by atoms with E-state index in [0.29, 0.717) is 12.5 Å². The minimum atomic E-state index is -0.625. The largest absolute Gasteiger partial charge is 0.508 e. The fourth-order valence-corrected chi connectivity index (χ4v) is 2.81. The van der Waals surface area contributed by atoms with Gasteiger partial charge in [-0.2, -0.15) is 0 Å². The van der Waals surface area contributed by atoms with Gasteiger partial charge < -0.3 is 20.6 Å². The molecule has 112 valence electrons. The number of phenolic OH excluding ortho intramolecular Hbond substituents is 2. The number of rotatable bonds is 4. The zero-order valence-electron chi connectivity index (χ0n) is 12.3. The minimum Gasteiger partial charge on any atom is -0.508 e. The quantitative estimate of drug-likeness (QED) is 0.684. The Morgan fingerprint density at radius 3 is 2.30 bits per heavy atom. The number of aliphatic hydroxyl groups is 1. The van der Waals surface area contributed by atoms with E-state index >= 15 is 0 Å². The molecule has 0 spiro atoms. The second-order valence-electron chi connectivity index (χ2n) is 6.29. The van der Waals surface area contributed by atoms with Gasteiger partial charge in [0.15, 0.2) is 0 Å². The van der Waals surface area contributed by atoms with Gasteiger partial charge in [-0.25, -0.2) is 0 Å². The molecule has 1 aliphatic carbocycles. The van der Waals surface area contributed by atoms with Gasteiger partial charge in [-0.15, -0.1) is 0 Å². The maximum atomic E-state index is 10.5. The van der Waals surface area contributed by atoms with Gasteiger partial charge in [0.1, 0.15) is 11.5 Å². The third-order valence-electron chi connectivity index (χ3n) is 4.37. The molecule has 1 fully saturated rings. The normalized spacial score (nSPS) is 28.2. The van der Waals surface area contributed by atoms with Crippen molar-refractivity contribution in [2.75, 3.05) is 6.54 Å². The van der Waals surface area contributed by atoms with Gasteiger partial charge in [0.25, 0.3) is 0 Å². The molecule has 1 aromatic carbocycles. The van der Waals surface area contributed by atoms with Crippen LogP contribution < -0.4 is 5.32 Å². The van der Waals surface area contributed by atoms with Crippen LogP contribution in [0.3, 0.4) is 0 Å². The van der Waals surface area contributed by atoms with Crippen molar-refractivity contribution in [3.63, 3.8) is 0 Å². The van der Waals surface area contributed by atoms with Crippen LogP contribution in [0.1, 0.15) is 51.1 Å². The van der Waals surface area contributed by atoms with Crippen molar-refractivity contribution < 1.29 is 15.3 Å². The van der Waals surface area contributed by atoms with Gasteiger partial charge in [-0.05, 0) is 56.2 Å². The Hall–Kier alpha value is -1.26. The van der Waals surface area contributed by atoms with E-state index in [0.717, 1.165) is 31.2 Å². The van der Waals surface area contributed by atoms with Crippen LogP contribution in [-0.2, 0) is 0 Å². The summed E-state index contributed by atoms with van der Waals surface area (Å²) in [7, 11) is 0. The lowest BCUT2D eigenvalue weighted by Crippen LogP contribution is -2.44. The molecule has 0 aromatic heterocycles. The van der Waals surface area contributed by atoms with Crippen molar-refractivity contribution in [3.05, 3.63) is 23.8 Å². The molecular formula is C16H25NO3. The third kappa shape index (κ3) is 3.87. The van der Waals surface area contributed by atoms with E-state index in [-0.39, 0.29) is 17.5 Å². The van der Waals surface area contributed by atoms with Crippen molar-refractivity contribution in [3.8, 4) is 11.5 Å². The predicted molar refractivity (Wildman–Crippen MR) is 78.8 cm³/mol. The molecule has 0 saturated heterocycles. The highest BCUT2D eigenvalue weighted by molar-refractivity contribution is 5.37. The fourth-order valence-electron chi connectivity index (χ4n) is 2.81. The fraction of sp³-hybridized carbons (Fsp3) is 0.625. The van der Waals surface area contributed by atoms with E-state index in [2.05, 4.69) is 12.2 Å². The third-order valence-corrected chi connectivity index (χ3v) is 4.37. The predicted octanol–water partition coefficient (Wildman–Crippen LogP) is 2.69. The average Bonchev–Trinajstić information content (AvgIpc) is 2.39. The first kappa shape index (κ1) is 15.1. The molecule has 1 unspecified atom stereocenters. The molecule has 1 aliphatic rings. The van der Waals surface area contributed by atoms with E-state index in [4.69, 9.17) is 0 Å². The lowest BCUT2D eigenvalue weighted by Gasteiger charge is -2.36. The lowest BCUT2D eigenvalue weighted by atomic mass is 9.79. The molecule has 4 N–H and O–H groups in total. The first-order valence-electron chi connectivity index (χ1n) is 7.37. The number of hydrogen-bond acceptors (Lipinski definition) is 4. The monoisotopic (exact) mass is 279 g/mol. The molecule has 2 rings (SSSR count). The highest BCUT2D eigenvalue weighted by Crippen LogP contribution is 2.32. The lowest BCUT2D eigenvalue weighted by molar-refractivity contribution is -0.00783. The van der Waals surface area contributed by atoms with Crippen LogP contribution in [-0.4, -0.2) is 27.5 Å². The van der Waals surface area contributed by atoms with Gasteiger partial charge in [0.05, 0.1) is 5.60 Å². The summed E-state index contributed by atoms with van der Waals surface area (Å²) in [6.45, 7) is 4.73. The Labute approximate surface area is 120 Å². The maximum Gasteiger partial charge on any atom is 0.119 e. The Bertz CT molecular complexity index is 433. The molecule has 0 heterocycles. The van der Waals surface area contributed by atoms with Crippen molar-refractivity contribution in [1.29, 1.82) is 0 Å². The highest BCUT2D eigenvalue weighted by atomic mass is 16.3. The summed E-state index contributed by atoms with van der Waals surface area (Å²) in [6.07, 6.45) is 3.80. The van der Waals surface area contributed by atoms with E-state index in [9.17, 15) is 15.3 Å². The average molecular weight is 279 g/mol. The number of hydrogen-bond donors (Lipinski definition) is 4. The summed E-state index contributed by atoms with van der Waals surface area (Å²) in [5, 5.41) is 32.8. The topological polar surface area (TPSA) is 72.7 Å². The smallest absolute Gasteiger partial charge is 0.119 e. The molecular weight excluding hydrogens is 254 g/mol. The maximum absolute atomic E-state index is 10.5. The summed E-state index contributed by atoms with van der Waals surface area (Å²) in [4.78, 5) is 0. The Morgan fingerprint density at radius 2 is 1.75 bits per heavy atom. The molecule has 1 atom stereocenters. The Morgan fingerprint density at radius 1 is 1.20 bits per heavy atom. The molecule has 20 heavy (non-hydrogen) atoms. The van der Waals surface area contributed by atoms with Crippen LogP contribution >= 0.6 is 0 Å². The van der Waals surface area contributed by atoms with Crippen molar-refractivity contribution in [2.45, 2.75) is 51.2 Å². The second kappa shape index (κ2) is 6.02. The summed E-state index contributed by atoms with van der Waals surface area (Å²) in [5.41, 5.74) is 0.190. The van der Waals surface area contributed by atoms with Gasteiger partial charge in [-0.1, -0.05) is 6.92 Å². The summed E-state index contributed by atoms with van der Waals surface area (Å²) in [6, 6.07) is 4.54. The minimum absolute atomic E-state index is 0.0311. The SMILES string of the molecule is CC1CCC(O)(CNC(C)c2cc(O)cc(O)c2)CC1. The van der Waals surface area contributed by atoms with E-state index in [1.807, 2.05) is 6.92 Å². The van der Waals surface area contributed by atoms with Crippen LogP contribution in [0.15, 0.2) is 18.2 Å². The van der Waals surface area contributed by atoms with Crippen LogP contribution in [0.4, 0.5) is 0 Å². The van der Waals surface area contributed by atoms with Crippen molar-refractivity contribution in [1.82, 2.24) is 5.32 Å². The van der Waals surface area contributed by atoms with Gasteiger partial charge in [-0.3, -0.25) is 0 Å². The van der Waals surface area contributed by atoms with Gasteiger partial charge >= 0.3 is 0 Å². The molecule has 0 amide bonds. The molecule has 0 bridgehead atoms. The Kier molecular flexibility index (Phi) is 4.55. The van der Waals surface area contributed by atoms with Crippen molar-refractivity contribution >= 4 is 0 Å². The molecule has 4 nitrogen and oxygen atoms in total. The summed E-state index contributed by atoms with van der Waals surface area (Å²) >= 11 is 0. The summed E-state index contributed by atoms with van der Waals surface area (Å²) < 4.78 is 0. The number of benzene rings is 1. The number of aromatic hydroxyl groups is 2. The zero-order valence-corrected chi connectivity index (χ0v) is 12.3. The molecule has 1 saturated carbocycles. The molecule has 1 aromatic rings.